The smallest absolute Gasteiger partial charge is 0.341 e. The van der Waals surface area contributed by atoms with Crippen molar-refractivity contribution in [3.8, 4) is 11.4 Å². The molecular formula is C18H18ClN3O3. The maximum absolute atomic E-state index is 12.1. The largest absolute Gasteiger partial charge is 0.462 e. The minimum atomic E-state index is -0.492. The molecule has 2 aromatic rings. The monoisotopic (exact) mass is 359 g/mol. The van der Waals surface area contributed by atoms with Gasteiger partial charge in [0.1, 0.15) is 0 Å². The minimum Gasteiger partial charge on any atom is -0.462 e. The molecule has 2 heterocycles. The number of hydrogen-bond acceptors (Lipinski definition) is 5. The molecule has 1 aliphatic rings. The number of carbonyl (C=O) groups excluding carboxylic acids is 2. The van der Waals surface area contributed by atoms with Crippen molar-refractivity contribution in [3.05, 3.63) is 47.2 Å². The van der Waals surface area contributed by atoms with E-state index in [0.29, 0.717) is 35.9 Å². The lowest BCUT2D eigenvalue weighted by Gasteiger charge is -2.13. The molecule has 6 nitrogen and oxygen atoms in total. The van der Waals surface area contributed by atoms with E-state index in [1.165, 1.54) is 12.4 Å². The Hall–Kier alpha value is -2.47. The van der Waals surface area contributed by atoms with E-state index in [2.05, 4.69) is 9.97 Å². The number of nitrogens with zero attached hydrogens (tertiary/aromatic N) is 3. The van der Waals surface area contributed by atoms with Gasteiger partial charge in [0.15, 0.2) is 5.82 Å². The molecule has 0 spiro atoms. The molecule has 7 heteroatoms. The molecule has 3 rings (SSSR count). The van der Waals surface area contributed by atoms with Gasteiger partial charge in [0, 0.05) is 43.4 Å². The van der Waals surface area contributed by atoms with E-state index < -0.39 is 5.97 Å². The first-order valence-corrected chi connectivity index (χ1v) is 8.48. The molecule has 1 fully saturated rings. The Morgan fingerprint density at radius 2 is 2.04 bits per heavy atom. The Morgan fingerprint density at radius 1 is 1.32 bits per heavy atom. The van der Waals surface area contributed by atoms with Gasteiger partial charge >= 0.3 is 5.97 Å². The van der Waals surface area contributed by atoms with Crippen LogP contribution < -0.4 is 0 Å². The Kier molecular flexibility index (Phi) is 5.28. The van der Waals surface area contributed by atoms with Gasteiger partial charge < -0.3 is 9.64 Å². The normalized spacial score (nSPS) is 17.0. The summed E-state index contributed by atoms with van der Waals surface area (Å²) in [5, 5.41) is 0.546. The number of esters is 1. The maximum atomic E-state index is 12.1. The summed E-state index contributed by atoms with van der Waals surface area (Å²) in [7, 11) is 0. The lowest BCUT2D eigenvalue weighted by Crippen LogP contribution is -2.25. The van der Waals surface area contributed by atoms with Crippen molar-refractivity contribution < 1.29 is 14.3 Å². The highest BCUT2D eigenvalue weighted by Crippen LogP contribution is 2.24. The third-order valence-electron chi connectivity index (χ3n) is 4.13. The van der Waals surface area contributed by atoms with Crippen LogP contribution in [0.25, 0.3) is 11.4 Å². The van der Waals surface area contributed by atoms with Gasteiger partial charge in [-0.15, -0.1) is 0 Å². The Balaban J connectivity index is 1.60. The van der Waals surface area contributed by atoms with Crippen molar-refractivity contribution in [2.24, 2.45) is 5.92 Å². The van der Waals surface area contributed by atoms with Crippen molar-refractivity contribution >= 4 is 23.5 Å². The first kappa shape index (κ1) is 17.4. The molecule has 1 unspecified atom stereocenters. The molecule has 0 saturated carbocycles. The number of benzene rings is 1. The van der Waals surface area contributed by atoms with E-state index in [9.17, 15) is 9.59 Å². The zero-order chi connectivity index (χ0) is 17.8. The van der Waals surface area contributed by atoms with Crippen LogP contribution in [0.5, 0.6) is 0 Å². The van der Waals surface area contributed by atoms with Gasteiger partial charge in [-0.25, -0.2) is 14.8 Å². The van der Waals surface area contributed by atoms with Gasteiger partial charge in [-0.1, -0.05) is 23.7 Å². The summed E-state index contributed by atoms with van der Waals surface area (Å²) in [4.78, 5) is 33.9. The summed E-state index contributed by atoms with van der Waals surface area (Å²) in [6.45, 7) is 3.46. The molecule has 0 N–H and O–H groups in total. The number of likely N-dealkylation sites (tertiary alicyclic amines) is 1. The maximum Gasteiger partial charge on any atom is 0.341 e. The molecule has 0 radical (unpaired) electrons. The fourth-order valence-corrected chi connectivity index (χ4v) is 2.98. The van der Waals surface area contributed by atoms with Crippen LogP contribution in [-0.2, 0) is 9.53 Å². The van der Waals surface area contributed by atoms with Crippen LogP contribution in [0.2, 0.25) is 5.02 Å². The van der Waals surface area contributed by atoms with Crippen LogP contribution in [0.3, 0.4) is 0 Å². The van der Waals surface area contributed by atoms with Crippen LogP contribution in [0.1, 0.15) is 23.7 Å². The van der Waals surface area contributed by atoms with Crippen LogP contribution in [-0.4, -0.2) is 46.4 Å². The standard InChI is InChI=1S/C18H18ClN3O3/c1-2-22-10-12(7-16(22)23)11-25-18(24)13-8-20-17(21-9-13)14-5-3-4-6-15(14)19/h3-6,8-9,12H,2,7,10-11H2,1H3. The zero-order valence-electron chi connectivity index (χ0n) is 13.8. The molecule has 1 atom stereocenters. The zero-order valence-corrected chi connectivity index (χ0v) is 14.6. The van der Waals surface area contributed by atoms with Gasteiger partial charge in [0.25, 0.3) is 0 Å². The third kappa shape index (κ3) is 3.96. The summed E-state index contributed by atoms with van der Waals surface area (Å²) in [5.74, 6) is 0.103. The number of carbonyl (C=O) groups is 2. The number of ether oxygens (including phenoxy) is 1. The number of halogens is 1. The first-order valence-electron chi connectivity index (χ1n) is 8.10. The quantitative estimate of drug-likeness (QED) is 0.767. The predicted molar refractivity (Wildman–Crippen MR) is 93.1 cm³/mol. The average molecular weight is 360 g/mol. The van der Waals surface area contributed by atoms with Crippen molar-refractivity contribution in [1.29, 1.82) is 0 Å². The van der Waals surface area contributed by atoms with Crippen LogP contribution in [0.4, 0.5) is 0 Å². The van der Waals surface area contributed by atoms with Crippen molar-refractivity contribution in [3.63, 3.8) is 0 Å². The average Bonchev–Trinajstić information content (AvgIpc) is 3.00. The molecule has 130 valence electrons. The molecule has 0 bridgehead atoms. The van der Waals surface area contributed by atoms with Crippen LogP contribution in [0, 0.1) is 5.92 Å². The fourth-order valence-electron chi connectivity index (χ4n) is 2.76. The number of hydrogen-bond donors (Lipinski definition) is 0. The number of amides is 1. The van der Waals surface area contributed by atoms with Gasteiger partial charge in [-0.05, 0) is 19.1 Å². The Morgan fingerprint density at radius 3 is 2.68 bits per heavy atom. The first-order chi connectivity index (χ1) is 12.1. The summed E-state index contributed by atoms with van der Waals surface area (Å²) in [6.07, 6.45) is 3.27. The van der Waals surface area contributed by atoms with Gasteiger partial charge in [0.2, 0.25) is 5.91 Å². The van der Waals surface area contributed by atoms with Crippen molar-refractivity contribution in [2.45, 2.75) is 13.3 Å². The van der Waals surface area contributed by atoms with Crippen LogP contribution >= 0.6 is 11.6 Å². The highest BCUT2D eigenvalue weighted by molar-refractivity contribution is 6.33. The van der Waals surface area contributed by atoms with E-state index in [-0.39, 0.29) is 24.0 Å². The topological polar surface area (TPSA) is 72.4 Å². The van der Waals surface area contributed by atoms with Gasteiger partial charge in [-0.3, -0.25) is 4.79 Å². The molecule has 0 aliphatic carbocycles. The fraction of sp³-hybridized carbons (Fsp3) is 0.333. The molecule has 1 saturated heterocycles. The molecule has 1 aliphatic heterocycles. The summed E-state index contributed by atoms with van der Waals surface area (Å²) >= 11 is 6.12. The lowest BCUT2D eigenvalue weighted by molar-refractivity contribution is -0.127. The highest BCUT2D eigenvalue weighted by atomic mass is 35.5. The third-order valence-corrected chi connectivity index (χ3v) is 4.46. The summed E-state index contributed by atoms with van der Waals surface area (Å²) < 4.78 is 5.30. The summed E-state index contributed by atoms with van der Waals surface area (Å²) in [5.41, 5.74) is 0.973. The second kappa shape index (κ2) is 7.61. The molecule has 1 aromatic carbocycles. The van der Waals surface area contributed by atoms with E-state index in [0.717, 1.165) is 0 Å². The molecule has 1 amide bonds. The summed E-state index contributed by atoms with van der Waals surface area (Å²) in [6, 6.07) is 7.23. The van der Waals surface area contributed by atoms with Gasteiger partial charge in [-0.2, -0.15) is 0 Å². The van der Waals surface area contributed by atoms with E-state index in [1.54, 1.807) is 11.0 Å². The Bertz CT molecular complexity index is 779. The van der Waals surface area contributed by atoms with Crippen LogP contribution in [0.15, 0.2) is 36.7 Å². The molecular weight excluding hydrogens is 342 g/mol. The molecule has 25 heavy (non-hydrogen) atoms. The number of aromatic nitrogens is 2. The van der Waals surface area contributed by atoms with Crippen molar-refractivity contribution in [2.75, 3.05) is 19.7 Å². The van der Waals surface area contributed by atoms with E-state index >= 15 is 0 Å². The minimum absolute atomic E-state index is 0.0414. The molecule has 1 aromatic heterocycles. The van der Waals surface area contributed by atoms with Gasteiger partial charge in [0.05, 0.1) is 17.2 Å². The lowest BCUT2D eigenvalue weighted by atomic mass is 10.1. The highest BCUT2D eigenvalue weighted by Gasteiger charge is 2.29. The Labute approximate surface area is 150 Å². The van der Waals surface area contributed by atoms with Crippen molar-refractivity contribution in [1.82, 2.24) is 14.9 Å². The second-order valence-corrected chi connectivity index (χ2v) is 6.28. The van der Waals surface area contributed by atoms with E-state index in [4.69, 9.17) is 16.3 Å². The predicted octanol–water partition coefficient (Wildman–Crippen LogP) is 2.82. The SMILES string of the molecule is CCN1CC(COC(=O)c2cnc(-c3ccccc3Cl)nc2)CC1=O. The number of rotatable bonds is 5. The van der Waals surface area contributed by atoms with E-state index in [1.807, 2.05) is 25.1 Å². The second-order valence-electron chi connectivity index (χ2n) is 5.88.